The van der Waals surface area contributed by atoms with Crippen LogP contribution in [0.15, 0.2) is 36.5 Å². The molecule has 3 rings (SSSR count). The molecule has 1 saturated heterocycles. The normalized spacial score (nSPS) is 14.4. The van der Waals surface area contributed by atoms with Gasteiger partial charge in [-0.3, -0.25) is 9.59 Å². The molecule has 6 nitrogen and oxygen atoms in total. The van der Waals surface area contributed by atoms with Crippen molar-refractivity contribution in [3.63, 3.8) is 0 Å². The molecular weight excluding hydrogens is 395 g/mol. The first kappa shape index (κ1) is 22.7. The van der Waals surface area contributed by atoms with Gasteiger partial charge in [0.2, 0.25) is 5.91 Å². The molecule has 0 radical (unpaired) electrons. The van der Waals surface area contributed by atoms with Gasteiger partial charge in [-0.15, -0.1) is 0 Å². The van der Waals surface area contributed by atoms with Gasteiger partial charge in [0, 0.05) is 44.8 Å². The Morgan fingerprint density at radius 1 is 1.16 bits per heavy atom. The van der Waals surface area contributed by atoms with Crippen LogP contribution in [0.5, 0.6) is 0 Å². The molecule has 1 N–H and O–H groups in total. The lowest BCUT2D eigenvalue weighted by Crippen LogP contribution is -2.43. The summed E-state index contributed by atoms with van der Waals surface area (Å²) >= 11 is 0. The van der Waals surface area contributed by atoms with Crippen molar-refractivity contribution < 1.29 is 14.0 Å². The summed E-state index contributed by atoms with van der Waals surface area (Å²) in [6.45, 7) is 8.97. The van der Waals surface area contributed by atoms with Gasteiger partial charge in [-0.1, -0.05) is 12.1 Å². The maximum Gasteiger partial charge on any atom is 0.255 e. The highest BCUT2D eigenvalue weighted by Gasteiger charge is 2.28. The Kier molecular flexibility index (Phi) is 7.60. The van der Waals surface area contributed by atoms with Crippen molar-refractivity contribution in [3.05, 3.63) is 59.0 Å². The molecule has 0 saturated carbocycles. The van der Waals surface area contributed by atoms with Crippen molar-refractivity contribution in [2.75, 3.05) is 31.1 Å². The third-order valence-corrected chi connectivity index (χ3v) is 5.94. The van der Waals surface area contributed by atoms with Crippen molar-refractivity contribution >= 4 is 17.6 Å². The number of aryl methyl sites for hydroxylation is 1. The van der Waals surface area contributed by atoms with E-state index < -0.39 is 0 Å². The van der Waals surface area contributed by atoms with Gasteiger partial charge in [0.15, 0.2) is 0 Å². The molecule has 2 aromatic rings. The summed E-state index contributed by atoms with van der Waals surface area (Å²) in [6.07, 6.45) is 2.87. The van der Waals surface area contributed by atoms with Crippen LogP contribution in [0.4, 0.5) is 10.2 Å². The maximum atomic E-state index is 13.7. The Morgan fingerprint density at radius 3 is 2.45 bits per heavy atom. The summed E-state index contributed by atoms with van der Waals surface area (Å²) in [5.74, 6) is 0.372. The second-order valence-electron chi connectivity index (χ2n) is 7.95. The number of amides is 2. The van der Waals surface area contributed by atoms with Crippen molar-refractivity contribution in [3.8, 4) is 0 Å². The molecule has 0 spiro atoms. The Morgan fingerprint density at radius 2 is 1.87 bits per heavy atom. The quantitative estimate of drug-likeness (QED) is 0.736. The summed E-state index contributed by atoms with van der Waals surface area (Å²) < 4.78 is 13.7. The third kappa shape index (κ3) is 5.60. The first-order chi connectivity index (χ1) is 14.9. The van der Waals surface area contributed by atoms with Crippen LogP contribution in [0.3, 0.4) is 0 Å². The van der Waals surface area contributed by atoms with Gasteiger partial charge in [0.05, 0.1) is 5.56 Å². The topological polar surface area (TPSA) is 65.5 Å². The largest absolute Gasteiger partial charge is 0.357 e. The number of hydrogen-bond donors (Lipinski definition) is 1. The lowest BCUT2D eigenvalue weighted by atomic mass is 9.95. The molecule has 1 aromatic heterocycles. The zero-order valence-electron chi connectivity index (χ0n) is 18.5. The second-order valence-corrected chi connectivity index (χ2v) is 7.95. The van der Waals surface area contributed by atoms with Crippen LogP contribution in [-0.4, -0.2) is 47.9 Å². The zero-order chi connectivity index (χ0) is 22.4. The molecule has 1 aromatic carbocycles. The van der Waals surface area contributed by atoms with Gasteiger partial charge in [-0.2, -0.15) is 0 Å². The predicted molar refractivity (Wildman–Crippen MR) is 119 cm³/mol. The number of benzene rings is 1. The number of pyridine rings is 1. The van der Waals surface area contributed by atoms with Crippen molar-refractivity contribution in [2.24, 2.45) is 5.92 Å². The number of hydrogen-bond acceptors (Lipinski definition) is 4. The number of nitrogens with zero attached hydrogens (tertiary/aromatic N) is 3. The van der Waals surface area contributed by atoms with Crippen LogP contribution in [0.1, 0.15) is 48.2 Å². The maximum absolute atomic E-state index is 13.7. The van der Waals surface area contributed by atoms with Crippen LogP contribution in [0.2, 0.25) is 0 Å². The Bertz CT molecular complexity index is 904. The van der Waals surface area contributed by atoms with Gasteiger partial charge in [-0.25, -0.2) is 9.37 Å². The minimum atomic E-state index is -0.266. The van der Waals surface area contributed by atoms with E-state index in [4.69, 9.17) is 0 Å². The lowest BCUT2D eigenvalue weighted by molar-refractivity contribution is -0.126. The van der Waals surface area contributed by atoms with Crippen LogP contribution >= 0.6 is 0 Å². The van der Waals surface area contributed by atoms with E-state index in [-0.39, 0.29) is 23.5 Å². The van der Waals surface area contributed by atoms with E-state index in [0.29, 0.717) is 43.6 Å². The highest BCUT2D eigenvalue weighted by atomic mass is 19.1. The van der Waals surface area contributed by atoms with E-state index in [9.17, 15) is 14.0 Å². The van der Waals surface area contributed by atoms with E-state index in [1.807, 2.05) is 18.2 Å². The number of aromatic nitrogens is 1. The lowest BCUT2D eigenvalue weighted by Gasteiger charge is -2.31. The molecule has 31 heavy (non-hydrogen) atoms. The molecule has 0 atom stereocenters. The third-order valence-electron chi connectivity index (χ3n) is 5.94. The van der Waals surface area contributed by atoms with Crippen molar-refractivity contribution in [1.82, 2.24) is 15.2 Å². The Labute approximate surface area is 183 Å². The van der Waals surface area contributed by atoms with E-state index in [2.05, 4.69) is 29.0 Å². The number of likely N-dealkylation sites (tertiary alicyclic amines) is 1. The smallest absolute Gasteiger partial charge is 0.255 e. The highest BCUT2D eigenvalue weighted by molar-refractivity contribution is 5.94. The standard InChI is InChI=1S/C24H31FN4O2/c1-4-28(5-2)22-9-8-20(16-26-22)24(31)29-12-10-19(11-13-29)23(30)27-15-18-7-6-17(3)21(25)14-18/h6-9,14,16,19H,4-5,10-13,15H2,1-3H3,(H,27,30). The second kappa shape index (κ2) is 10.4. The molecule has 1 fully saturated rings. The molecule has 0 bridgehead atoms. The monoisotopic (exact) mass is 426 g/mol. The van der Waals surface area contributed by atoms with Crippen LogP contribution in [-0.2, 0) is 11.3 Å². The molecule has 0 unspecified atom stereocenters. The fourth-order valence-electron chi connectivity index (χ4n) is 3.85. The minimum absolute atomic E-state index is 0.0432. The van der Waals surface area contributed by atoms with Crippen molar-refractivity contribution in [2.45, 2.75) is 40.2 Å². The summed E-state index contributed by atoms with van der Waals surface area (Å²) in [4.78, 5) is 33.7. The number of anilines is 1. The van der Waals surface area contributed by atoms with Gasteiger partial charge in [0.25, 0.3) is 5.91 Å². The van der Waals surface area contributed by atoms with Crippen LogP contribution in [0, 0.1) is 18.7 Å². The Hall–Kier alpha value is -2.96. The molecule has 166 valence electrons. The summed E-state index contributed by atoms with van der Waals surface area (Å²) in [5.41, 5.74) is 1.90. The van der Waals surface area contributed by atoms with E-state index in [0.717, 1.165) is 24.5 Å². The zero-order valence-corrected chi connectivity index (χ0v) is 18.5. The average molecular weight is 427 g/mol. The number of carbonyl (C=O) groups is 2. The average Bonchev–Trinajstić information content (AvgIpc) is 2.80. The predicted octanol–water partition coefficient (Wildman–Crippen LogP) is 3.54. The molecule has 2 heterocycles. The molecule has 7 heteroatoms. The minimum Gasteiger partial charge on any atom is -0.357 e. The molecule has 2 amide bonds. The summed E-state index contributed by atoms with van der Waals surface area (Å²) in [7, 11) is 0. The number of rotatable bonds is 7. The highest BCUT2D eigenvalue weighted by Crippen LogP contribution is 2.20. The van der Waals surface area contributed by atoms with E-state index in [1.54, 1.807) is 24.1 Å². The van der Waals surface area contributed by atoms with Crippen LogP contribution < -0.4 is 10.2 Å². The molecular formula is C24H31FN4O2. The van der Waals surface area contributed by atoms with E-state index >= 15 is 0 Å². The molecule has 1 aliphatic heterocycles. The fourth-order valence-corrected chi connectivity index (χ4v) is 3.85. The summed E-state index contributed by atoms with van der Waals surface area (Å²) in [5, 5.41) is 2.90. The Balaban J connectivity index is 1.49. The number of nitrogens with one attached hydrogen (secondary N) is 1. The van der Waals surface area contributed by atoms with Gasteiger partial charge in [0.1, 0.15) is 11.6 Å². The summed E-state index contributed by atoms with van der Waals surface area (Å²) in [6, 6.07) is 8.69. The van der Waals surface area contributed by atoms with Crippen LogP contribution in [0.25, 0.3) is 0 Å². The first-order valence-electron chi connectivity index (χ1n) is 11.0. The number of halogens is 1. The number of carbonyl (C=O) groups excluding carboxylic acids is 2. The van der Waals surface area contributed by atoms with Gasteiger partial charge >= 0.3 is 0 Å². The first-order valence-corrected chi connectivity index (χ1v) is 11.0. The SMILES string of the molecule is CCN(CC)c1ccc(C(=O)N2CCC(C(=O)NCc3ccc(C)c(F)c3)CC2)cn1. The molecule has 1 aliphatic rings. The van der Waals surface area contributed by atoms with Gasteiger partial charge in [-0.05, 0) is 62.9 Å². The molecule has 0 aliphatic carbocycles. The van der Waals surface area contributed by atoms with E-state index in [1.165, 1.54) is 6.07 Å². The fraction of sp³-hybridized carbons (Fsp3) is 0.458. The number of piperidine rings is 1. The van der Waals surface area contributed by atoms with Gasteiger partial charge < -0.3 is 15.1 Å². The van der Waals surface area contributed by atoms with Crippen molar-refractivity contribution in [1.29, 1.82) is 0 Å².